The van der Waals surface area contributed by atoms with E-state index in [1.165, 1.54) is 30.5 Å². The van der Waals surface area contributed by atoms with E-state index in [1.807, 2.05) is 14.1 Å². The number of likely N-dealkylation sites (tertiary alicyclic amines) is 1. The molecular weight excluding hydrogens is 234 g/mol. The van der Waals surface area contributed by atoms with Gasteiger partial charge in [-0.05, 0) is 43.6 Å². The lowest BCUT2D eigenvalue weighted by molar-refractivity contribution is 0.194. The van der Waals surface area contributed by atoms with E-state index in [0.29, 0.717) is 0 Å². The topological polar surface area (TPSA) is 30.3 Å². The molecule has 1 aromatic rings. The Bertz CT molecular complexity index is 424. The van der Waals surface area contributed by atoms with Crippen LogP contribution in [0.2, 0.25) is 0 Å². The van der Waals surface area contributed by atoms with Crippen molar-refractivity contribution in [2.75, 3.05) is 32.1 Å². The fraction of sp³-hybridized carbons (Fsp3) is 0.562. The zero-order chi connectivity index (χ0) is 13.7. The predicted molar refractivity (Wildman–Crippen MR) is 79.3 cm³/mol. The molecule has 1 aliphatic heterocycles. The molecule has 0 aromatic heterocycles. The minimum atomic E-state index is 0.0329. The normalized spacial score (nSPS) is 17.7. The summed E-state index contributed by atoms with van der Waals surface area (Å²) in [6.07, 6.45) is 4.62. The van der Waals surface area contributed by atoms with Gasteiger partial charge in [-0.25, -0.2) is 0 Å². The van der Waals surface area contributed by atoms with Crippen LogP contribution in [-0.2, 0) is 6.42 Å². The molecule has 0 bridgehead atoms. The summed E-state index contributed by atoms with van der Waals surface area (Å²) in [5.41, 5.74) is 2.46. The summed E-state index contributed by atoms with van der Waals surface area (Å²) in [5.74, 6) is 0. The summed E-state index contributed by atoms with van der Waals surface area (Å²) in [5, 5.41) is 9.38. The average Bonchev–Trinajstić information content (AvgIpc) is 2.46. The van der Waals surface area contributed by atoms with E-state index in [4.69, 9.17) is 0 Å². The van der Waals surface area contributed by atoms with Crippen LogP contribution in [0.15, 0.2) is 24.3 Å². The van der Waals surface area contributed by atoms with Gasteiger partial charge in [-0.1, -0.05) is 18.6 Å². The zero-order valence-electron chi connectivity index (χ0n) is 12.0. The maximum Gasteiger partial charge on any atom is 0.102 e. The predicted octanol–water partition coefficient (Wildman–Crippen LogP) is 2.67. The molecule has 2 rings (SSSR count). The maximum atomic E-state index is 9.38. The summed E-state index contributed by atoms with van der Waals surface area (Å²) in [6, 6.07) is 11.0. The molecule has 0 saturated carbocycles. The van der Waals surface area contributed by atoms with Crippen molar-refractivity contribution < 1.29 is 0 Å². The first kappa shape index (κ1) is 13.9. The minimum Gasteiger partial charge on any atom is -0.378 e. The molecule has 1 atom stereocenters. The Morgan fingerprint density at radius 3 is 2.32 bits per heavy atom. The second-order valence-electron chi connectivity index (χ2n) is 5.51. The molecule has 0 spiro atoms. The van der Waals surface area contributed by atoms with Crippen molar-refractivity contribution in [2.24, 2.45) is 0 Å². The van der Waals surface area contributed by atoms with Crippen molar-refractivity contribution in [2.45, 2.75) is 31.7 Å². The van der Waals surface area contributed by atoms with Crippen molar-refractivity contribution in [3.63, 3.8) is 0 Å². The van der Waals surface area contributed by atoms with Crippen LogP contribution in [0.3, 0.4) is 0 Å². The van der Waals surface area contributed by atoms with Crippen molar-refractivity contribution in [3.05, 3.63) is 29.8 Å². The molecule has 102 valence electrons. The van der Waals surface area contributed by atoms with Gasteiger partial charge in [0.1, 0.15) is 6.04 Å². The summed E-state index contributed by atoms with van der Waals surface area (Å²) >= 11 is 0. The molecule has 1 aliphatic rings. The molecule has 19 heavy (non-hydrogen) atoms. The molecule has 0 aliphatic carbocycles. The van der Waals surface area contributed by atoms with Crippen LogP contribution in [0.25, 0.3) is 0 Å². The largest absolute Gasteiger partial charge is 0.378 e. The average molecular weight is 257 g/mol. The molecule has 1 heterocycles. The SMILES string of the molecule is CN(C)c1ccc(CC(C#N)N2CCCCC2)cc1. The van der Waals surface area contributed by atoms with Gasteiger partial charge in [0.05, 0.1) is 6.07 Å². The highest BCUT2D eigenvalue weighted by atomic mass is 15.2. The molecular formula is C16H23N3. The molecule has 0 amide bonds. The van der Waals surface area contributed by atoms with E-state index in [2.05, 4.69) is 40.1 Å². The summed E-state index contributed by atoms with van der Waals surface area (Å²) in [7, 11) is 4.08. The molecule has 0 radical (unpaired) electrons. The summed E-state index contributed by atoms with van der Waals surface area (Å²) in [4.78, 5) is 4.43. The third-order valence-electron chi connectivity index (χ3n) is 3.86. The van der Waals surface area contributed by atoms with E-state index >= 15 is 0 Å². The Morgan fingerprint density at radius 2 is 1.79 bits per heavy atom. The molecule has 1 fully saturated rings. The number of hydrogen-bond donors (Lipinski definition) is 0. The first-order chi connectivity index (χ1) is 9.20. The van der Waals surface area contributed by atoms with E-state index in [-0.39, 0.29) is 6.04 Å². The van der Waals surface area contributed by atoms with E-state index < -0.39 is 0 Å². The zero-order valence-corrected chi connectivity index (χ0v) is 12.0. The van der Waals surface area contributed by atoms with E-state index in [9.17, 15) is 5.26 Å². The molecule has 1 aromatic carbocycles. The standard InChI is InChI=1S/C16H23N3/c1-18(2)15-8-6-14(7-9-15)12-16(13-17)19-10-4-3-5-11-19/h6-9,16H,3-5,10-12H2,1-2H3. The first-order valence-electron chi connectivity index (χ1n) is 7.10. The Balaban J connectivity index is 1.99. The van der Waals surface area contributed by atoms with Crippen LogP contribution in [-0.4, -0.2) is 38.1 Å². The lowest BCUT2D eigenvalue weighted by atomic mass is 10.0. The minimum absolute atomic E-state index is 0.0329. The van der Waals surface area contributed by atoms with Gasteiger partial charge in [-0.3, -0.25) is 4.90 Å². The second kappa shape index (κ2) is 6.58. The van der Waals surface area contributed by atoms with Crippen molar-refractivity contribution in [3.8, 4) is 6.07 Å². The molecule has 3 heteroatoms. The molecule has 0 N–H and O–H groups in total. The Morgan fingerprint density at radius 1 is 1.16 bits per heavy atom. The van der Waals surface area contributed by atoms with Gasteiger partial charge in [0, 0.05) is 26.2 Å². The van der Waals surface area contributed by atoms with Crippen LogP contribution < -0.4 is 4.90 Å². The lowest BCUT2D eigenvalue weighted by Gasteiger charge is -2.30. The highest BCUT2D eigenvalue weighted by Crippen LogP contribution is 2.17. The lowest BCUT2D eigenvalue weighted by Crippen LogP contribution is -2.39. The van der Waals surface area contributed by atoms with Gasteiger partial charge in [-0.15, -0.1) is 0 Å². The number of anilines is 1. The van der Waals surface area contributed by atoms with Gasteiger partial charge < -0.3 is 4.90 Å². The monoisotopic (exact) mass is 257 g/mol. The number of hydrogen-bond acceptors (Lipinski definition) is 3. The fourth-order valence-corrected chi connectivity index (χ4v) is 2.64. The van der Waals surface area contributed by atoms with Gasteiger partial charge >= 0.3 is 0 Å². The quantitative estimate of drug-likeness (QED) is 0.830. The van der Waals surface area contributed by atoms with Gasteiger partial charge in [0.2, 0.25) is 0 Å². The summed E-state index contributed by atoms with van der Waals surface area (Å²) in [6.45, 7) is 2.15. The molecule has 1 unspecified atom stereocenters. The van der Waals surface area contributed by atoms with Gasteiger partial charge in [0.15, 0.2) is 0 Å². The number of piperidine rings is 1. The van der Waals surface area contributed by atoms with Crippen molar-refractivity contribution >= 4 is 5.69 Å². The Labute approximate surface area is 116 Å². The van der Waals surface area contributed by atoms with E-state index in [1.54, 1.807) is 0 Å². The van der Waals surface area contributed by atoms with Crippen molar-refractivity contribution in [1.29, 1.82) is 5.26 Å². The van der Waals surface area contributed by atoms with Gasteiger partial charge in [-0.2, -0.15) is 5.26 Å². The number of nitrogens with zero attached hydrogens (tertiary/aromatic N) is 3. The van der Waals surface area contributed by atoms with Crippen molar-refractivity contribution in [1.82, 2.24) is 4.90 Å². The molecule has 3 nitrogen and oxygen atoms in total. The Hall–Kier alpha value is -1.53. The van der Waals surface area contributed by atoms with Crippen LogP contribution in [0, 0.1) is 11.3 Å². The highest BCUT2D eigenvalue weighted by Gasteiger charge is 2.20. The second-order valence-corrected chi connectivity index (χ2v) is 5.51. The van der Waals surface area contributed by atoms with Crippen LogP contribution in [0.1, 0.15) is 24.8 Å². The van der Waals surface area contributed by atoms with Gasteiger partial charge in [0.25, 0.3) is 0 Å². The van der Waals surface area contributed by atoms with Crippen LogP contribution in [0.5, 0.6) is 0 Å². The van der Waals surface area contributed by atoms with E-state index in [0.717, 1.165) is 19.5 Å². The van der Waals surface area contributed by atoms with Crippen LogP contribution in [0.4, 0.5) is 5.69 Å². The van der Waals surface area contributed by atoms with Crippen LogP contribution >= 0.6 is 0 Å². The number of rotatable bonds is 4. The fourth-order valence-electron chi connectivity index (χ4n) is 2.64. The Kier molecular flexibility index (Phi) is 4.81. The molecule has 1 saturated heterocycles. The third-order valence-corrected chi connectivity index (χ3v) is 3.86. The smallest absolute Gasteiger partial charge is 0.102 e. The maximum absolute atomic E-state index is 9.38. The third kappa shape index (κ3) is 3.71. The first-order valence-corrected chi connectivity index (χ1v) is 7.10. The number of benzene rings is 1. The summed E-state index contributed by atoms with van der Waals surface area (Å²) < 4.78 is 0. The number of nitriles is 1. The highest BCUT2D eigenvalue weighted by molar-refractivity contribution is 5.46.